The van der Waals surface area contributed by atoms with Crippen molar-refractivity contribution >= 4 is 15.8 Å². The number of halogens is 2. The van der Waals surface area contributed by atoms with E-state index >= 15 is 0 Å². The van der Waals surface area contributed by atoms with Crippen molar-refractivity contribution in [2.24, 2.45) is 0 Å². The summed E-state index contributed by atoms with van der Waals surface area (Å²) in [7, 11) is 0.843. The van der Waals surface area contributed by atoms with Gasteiger partial charge in [-0.15, -0.1) is 15.8 Å². The van der Waals surface area contributed by atoms with Gasteiger partial charge in [-0.25, -0.2) is 0 Å². The van der Waals surface area contributed by atoms with Crippen molar-refractivity contribution in [1.82, 2.24) is 0 Å². The van der Waals surface area contributed by atoms with Gasteiger partial charge in [0, 0.05) is 20.4 Å². The molecular formula is C24H54Br2P2Pd-2. The Kier molecular flexibility index (Phi) is 54.3. The van der Waals surface area contributed by atoms with Gasteiger partial charge in [0.25, 0.3) is 0 Å². The Labute approximate surface area is 224 Å². The van der Waals surface area contributed by atoms with Gasteiger partial charge in [0.15, 0.2) is 0 Å². The van der Waals surface area contributed by atoms with Crippen molar-refractivity contribution in [3.63, 3.8) is 0 Å². The van der Waals surface area contributed by atoms with Crippen molar-refractivity contribution in [3.8, 4) is 0 Å². The molecule has 0 saturated heterocycles. The molecule has 0 atom stereocenters. The first-order chi connectivity index (χ1) is 12.7. The predicted octanol–water partition coefficient (Wildman–Crippen LogP) is 3.74. The summed E-state index contributed by atoms with van der Waals surface area (Å²) < 4.78 is 0. The fourth-order valence-electron chi connectivity index (χ4n) is 2.96. The molecule has 0 aromatic rings. The van der Waals surface area contributed by atoms with E-state index in [1.807, 2.05) is 0 Å². The number of rotatable bonds is 18. The maximum absolute atomic E-state index is 2.31. The molecule has 0 amide bonds. The van der Waals surface area contributed by atoms with Crippen LogP contribution >= 0.6 is 15.8 Å². The largest absolute Gasteiger partial charge is 1.00 e. The number of unbranched alkanes of at least 4 members (excludes halogenated alkanes) is 6. The molecule has 0 aromatic carbocycles. The zero-order chi connectivity index (χ0) is 19.9. The number of hydrogen-bond acceptors (Lipinski definition) is 0. The molecule has 0 aliphatic rings. The van der Waals surface area contributed by atoms with Crippen LogP contribution in [0.5, 0.6) is 0 Å². The summed E-state index contributed by atoms with van der Waals surface area (Å²) >= 11 is 0. The third kappa shape index (κ3) is 35.3. The third-order valence-corrected chi connectivity index (χ3v) is 10.7. The van der Waals surface area contributed by atoms with Gasteiger partial charge < -0.3 is 34.0 Å². The molecule has 0 bridgehead atoms. The molecule has 0 fully saturated rings. The van der Waals surface area contributed by atoms with Gasteiger partial charge in [-0.2, -0.15) is 0 Å². The van der Waals surface area contributed by atoms with Crippen molar-refractivity contribution in [2.45, 2.75) is 119 Å². The maximum Gasteiger partial charge on any atom is 0 e. The van der Waals surface area contributed by atoms with Crippen LogP contribution in [0, 0.1) is 0 Å². The molecule has 0 aliphatic carbocycles. The molecule has 0 nitrogen and oxygen atoms in total. The Hall–Kier alpha value is 2.48. The first-order valence-electron chi connectivity index (χ1n) is 12.1. The SMILES string of the molecule is CCCCP(CCCC)CCCC.CCCCP(CCCC)CCCC.[Br-].[Br-].[Pd]. The minimum atomic E-state index is 0. The predicted molar refractivity (Wildman–Crippen MR) is 132 cm³/mol. The van der Waals surface area contributed by atoms with Crippen molar-refractivity contribution < 1.29 is 54.4 Å². The van der Waals surface area contributed by atoms with Gasteiger partial charge in [0.2, 0.25) is 0 Å². The van der Waals surface area contributed by atoms with Crippen molar-refractivity contribution in [1.29, 1.82) is 0 Å². The Morgan fingerprint density at radius 3 is 0.586 bits per heavy atom. The molecule has 0 N–H and O–H groups in total. The Bertz CT molecular complexity index is 185. The Balaban J connectivity index is -0.000000120. The first kappa shape index (κ1) is 41.7. The zero-order valence-corrected chi connectivity index (χ0v) is 27.2. The summed E-state index contributed by atoms with van der Waals surface area (Å²) in [6.45, 7) is 13.9. The third-order valence-electron chi connectivity index (χ3n) is 4.97. The second-order valence-corrected chi connectivity index (χ2v) is 13.2. The smallest absolute Gasteiger partial charge is 0 e. The molecule has 0 aliphatic heterocycles. The van der Waals surface area contributed by atoms with Gasteiger partial charge in [-0.1, -0.05) is 80.1 Å². The molecule has 186 valence electrons. The molecule has 0 spiro atoms. The van der Waals surface area contributed by atoms with Crippen LogP contribution in [-0.4, -0.2) is 37.0 Å². The van der Waals surface area contributed by atoms with Crippen LogP contribution in [0.1, 0.15) is 119 Å². The van der Waals surface area contributed by atoms with Crippen LogP contribution in [0.3, 0.4) is 0 Å². The van der Waals surface area contributed by atoms with E-state index in [0.717, 1.165) is 0 Å². The molecule has 0 saturated carbocycles. The summed E-state index contributed by atoms with van der Waals surface area (Å²) in [5.41, 5.74) is 0. The summed E-state index contributed by atoms with van der Waals surface area (Å²) in [4.78, 5) is 0. The average Bonchev–Trinajstić information content (AvgIpc) is 2.67. The molecule has 0 aromatic heterocycles. The van der Waals surface area contributed by atoms with Gasteiger partial charge >= 0.3 is 0 Å². The van der Waals surface area contributed by atoms with E-state index in [4.69, 9.17) is 0 Å². The normalized spacial score (nSPS) is 9.93. The zero-order valence-electron chi connectivity index (χ0n) is 20.7. The number of hydrogen-bond donors (Lipinski definition) is 0. The molecule has 0 heterocycles. The summed E-state index contributed by atoms with van der Waals surface area (Å²) in [6, 6.07) is 0. The first-order valence-corrected chi connectivity index (χ1v) is 15.9. The van der Waals surface area contributed by atoms with E-state index in [1.54, 1.807) is 37.0 Å². The van der Waals surface area contributed by atoms with Crippen molar-refractivity contribution in [2.75, 3.05) is 37.0 Å². The summed E-state index contributed by atoms with van der Waals surface area (Å²) in [6.07, 6.45) is 26.4. The fraction of sp³-hybridized carbons (Fsp3) is 1.00. The van der Waals surface area contributed by atoms with Crippen LogP contribution < -0.4 is 34.0 Å². The van der Waals surface area contributed by atoms with E-state index in [0.29, 0.717) is 15.8 Å². The molecule has 29 heavy (non-hydrogen) atoms. The summed E-state index contributed by atoms with van der Waals surface area (Å²) in [5.74, 6) is 0. The van der Waals surface area contributed by atoms with Crippen LogP contribution in [0.15, 0.2) is 0 Å². The van der Waals surface area contributed by atoms with Gasteiger partial charge in [0.05, 0.1) is 0 Å². The van der Waals surface area contributed by atoms with Gasteiger partial charge in [-0.3, -0.25) is 0 Å². The van der Waals surface area contributed by atoms with Crippen LogP contribution in [0.2, 0.25) is 0 Å². The topological polar surface area (TPSA) is 0 Å². The minimum absolute atomic E-state index is 0. The van der Waals surface area contributed by atoms with Crippen molar-refractivity contribution in [3.05, 3.63) is 0 Å². The van der Waals surface area contributed by atoms with E-state index in [9.17, 15) is 0 Å². The van der Waals surface area contributed by atoms with Crippen LogP contribution in [0.25, 0.3) is 0 Å². The van der Waals surface area contributed by atoms with E-state index in [-0.39, 0.29) is 54.4 Å². The quantitative estimate of drug-likeness (QED) is 0.154. The van der Waals surface area contributed by atoms with E-state index < -0.39 is 0 Å². The van der Waals surface area contributed by atoms with Gasteiger partial charge in [-0.05, 0) is 75.5 Å². The second kappa shape index (κ2) is 37.8. The average molecular weight is 671 g/mol. The minimum Gasteiger partial charge on any atom is -1.00 e. The second-order valence-electron chi connectivity index (χ2n) is 7.80. The van der Waals surface area contributed by atoms with E-state index in [1.165, 1.54) is 77.0 Å². The standard InChI is InChI=1S/2C12H27P.2BrH.Pd/c2*1-4-7-10-13(11-8-5-2)12-9-6-3;;;/h2*4-12H2,1-3H3;2*1H;/p-2. The summed E-state index contributed by atoms with van der Waals surface area (Å²) in [5, 5.41) is 0. The molecule has 5 heteroatoms. The fourth-order valence-corrected chi connectivity index (χ4v) is 8.88. The molecule has 0 unspecified atom stereocenters. The monoisotopic (exact) mass is 668 g/mol. The van der Waals surface area contributed by atoms with Gasteiger partial charge in [0.1, 0.15) is 0 Å². The Morgan fingerprint density at radius 1 is 0.345 bits per heavy atom. The maximum atomic E-state index is 2.31. The van der Waals surface area contributed by atoms with Crippen LogP contribution in [0.4, 0.5) is 0 Å². The molecule has 0 rings (SSSR count). The van der Waals surface area contributed by atoms with Crippen LogP contribution in [-0.2, 0) is 20.4 Å². The van der Waals surface area contributed by atoms with E-state index in [2.05, 4.69) is 41.5 Å². The molecule has 0 radical (unpaired) electrons. The molecular weight excluding hydrogens is 616 g/mol. The Morgan fingerprint density at radius 2 is 0.483 bits per heavy atom.